The number of sulfonamides is 1. The van der Waals surface area contributed by atoms with Crippen LogP contribution in [0.1, 0.15) is 5.56 Å². The van der Waals surface area contributed by atoms with Crippen molar-refractivity contribution in [3.05, 3.63) is 107 Å². The third kappa shape index (κ3) is 5.60. The molecule has 9 heteroatoms. The molecule has 0 saturated heterocycles. The number of nitrogens with one attached hydrogen (secondary N) is 1. The van der Waals surface area contributed by atoms with Gasteiger partial charge in [-0.05, 0) is 76.7 Å². The van der Waals surface area contributed by atoms with E-state index in [1.807, 2.05) is 47.2 Å². The third-order valence-electron chi connectivity index (χ3n) is 4.96. The van der Waals surface area contributed by atoms with Gasteiger partial charge in [0.1, 0.15) is 6.54 Å². The lowest BCUT2D eigenvalue weighted by atomic mass is 10.2. The number of carbonyl (C=O) groups excluding carboxylic acids is 1. The normalized spacial score (nSPS) is 11.2. The highest BCUT2D eigenvalue weighted by Gasteiger charge is 2.27. The van der Waals surface area contributed by atoms with Crippen molar-refractivity contribution in [2.24, 2.45) is 0 Å². The van der Waals surface area contributed by atoms with Crippen LogP contribution in [0.3, 0.4) is 0 Å². The van der Waals surface area contributed by atoms with Gasteiger partial charge in [0, 0.05) is 28.2 Å². The average molecular weight is 572 g/mol. The third-order valence-corrected chi connectivity index (χ3v) is 7.47. The Kier molecular flexibility index (Phi) is 7.09. The van der Waals surface area contributed by atoms with Gasteiger partial charge in [0.15, 0.2) is 0 Å². The molecule has 0 bridgehead atoms. The first-order chi connectivity index (χ1) is 15.9. The molecule has 0 saturated carbocycles. The number of benzene rings is 3. The lowest BCUT2D eigenvalue weighted by Gasteiger charge is -2.24. The van der Waals surface area contributed by atoms with E-state index in [9.17, 15) is 13.2 Å². The van der Waals surface area contributed by atoms with Crippen molar-refractivity contribution < 1.29 is 13.2 Å². The number of amides is 1. The van der Waals surface area contributed by atoms with Gasteiger partial charge in [0.25, 0.3) is 10.0 Å². The number of aromatic nitrogens is 2. The summed E-state index contributed by atoms with van der Waals surface area (Å²) in [6.45, 7) is -0.0418. The highest BCUT2D eigenvalue weighted by atomic mass is 127. The highest BCUT2D eigenvalue weighted by Crippen LogP contribution is 2.24. The summed E-state index contributed by atoms with van der Waals surface area (Å²) in [5.74, 6) is -0.397. The highest BCUT2D eigenvalue weighted by molar-refractivity contribution is 14.1. The predicted octanol–water partition coefficient (Wildman–Crippen LogP) is 3.99. The first kappa shape index (κ1) is 23.0. The summed E-state index contributed by atoms with van der Waals surface area (Å²) in [5, 5.41) is 2.82. The van der Waals surface area contributed by atoms with Crippen LogP contribution in [-0.2, 0) is 21.4 Å². The van der Waals surface area contributed by atoms with Gasteiger partial charge in [-0.3, -0.25) is 9.10 Å². The van der Waals surface area contributed by atoms with Crippen LogP contribution >= 0.6 is 22.6 Å². The zero-order valence-corrected chi connectivity index (χ0v) is 20.5. The van der Waals surface area contributed by atoms with Crippen LogP contribution in [0.4, 0.5) is 5.69 Å². The Labute approximate surface area is 206 Å². The van der Waals surface area contributed by atoms with Crippen LogP contribution in [0, 0.1) is 3.57 Å². The number of anilines is 1. The van der Waals surface area contributed by atoms with E-state index in [1.54, 1.807) is 42.9 Å². The zero-order chi connectivity index (χ0) is 23.3. The van der Waals surface area contributed by atoms with E-state index < -0.39 is 15.9 Å². The molecule has 3 aromatic carbocycles. The summed E-state index contributed by atoms with van der Waals surface area (Å²) in [5.41, 5.74) is 2.29. The maximum absolute atomic E-state index is 13.3. The molecule has 0 spiro atoms. The Morgan fingerprint density at radius 2 is 1.67 bits per heavy atom. The summed E-state index contributed by atoms with van der Waals surface area (Å²) in [4.78, 5) is 16.9. The lowest BCUT2D eigenvalue weighted by Crippen LogP contribution is -2.40. The van der Waals surface area contributed by atoms with Gasteiger partial charge in [-0.25, -0.2) is 13.4 Å². The fourth-order valence-electron chi connectivity index (χ4n) is 3.23. The van der Waals surface area contributed by atoms with Gasteiger partial charge >= 0.3 is 0 Å². The van der Waals surface area contributed by atoms with Gasteiger partial charge < -0.3 is 9.88 Å². The minimum atomic E-state index is -3.91. The number of hydrogen-bond acceptors (Lipinski definition) is 4. The molecular formula is C24H21IN4O3S. The van der Waals surface area contributed by atoms with Crippen LogP contribution in [-0.4, -0.2) is 30.4 Å². The second-order valence-corrected chi connectivity index (χ2v) is 10.3. The molecule has 4 aromatic rings. The van der Waals surface area contributed by atoms with E-state index in [4.69, 9.17) is 0 Å². The van der Waals surface area contributed by atoms with E-state index in [0.29, 0.717) is 5.69 Å². The largest absolute Gasteiger partial charge is 0.350 e. The van der Waals surface area contributed by atoms with E-state index in [-0.39, 0.29) is 18.0 Å². The smallest absolute Gasteiger partial charge is 0.264 e. The standard InChI is InChI=1S/C24H21IN4O3S/c25-20-8-12-22(13-9-20)29(33(31,32)23-4-2-1-3-5-23)17-24(30)27-16-19-6-10-21(11-7-19)28-15-14-26-18-28/h1-15,18H,16-17H2,(H,27,30). The summed E-state index contributed by atoms with van der Waals surface area (Å²) < 4.78 is 30.6. The maximum Gasteiger partial charge on any atom is 0.264 e. The Balaban J connectivity index is 1.49. The fraction of sp³-hybridized carbons (Fsp3) is 0.0833. The zero-order valence-electron chi connectivity index (χ0n) is 17.5. The molecule has 1 heterocycles. The van der Waals surface area contributed by atoms with Gasteiger partial charge in [-0.15, -0.1) is 0 Å². The summed E-state index contributed by atoms with van der Waals surface area (Å²) in [6, 6.07) is 22.8. The molecule has 1 amide bonds. The van der Waals surface area contributed by atoms with Crippen LogP contribution in [0.2, 0.25) is 0 Å². The second-order valence-electron chi connectivity index (χ2n) is 7.21. The monoisotopic (exact) mass is 572 g/mol. The summed E-state index contributed by atoms with van der Waals surface area (Å²) in [6.07, 6.45) is 5.27. The molecule has 0 atom stereocenters. The van der Waals surface area contributed by atoms with Crippen LogP contribution in [0.5, 0.6) is 0 Å². The van der Waals surface area contributed by atoms with Crippen molar-refractivity contribution in [1.82, 2.24) is 14.9 Å². The minimum Gasteiger partial charge on any atom is -0.350 e. The van der Waals surface area contributed by atoms with Gasteiger partial charge in [-0.1, -0.05) is 30.3 Å². The van der Waals surface area contributed by atoms with Gasteiger partial charge in [-0.2, -0.15) is 0 Å². The molecule has 0 radical (unpaired) electrons. The topological polar surface area (TPSA) is 84.3 Å². The Morgan fingerprint density at radius 1 is 0.970 bits per heavy atom. The Morgan fingerprint density at radius 3 is 2.30 bits per heavy atom. The first-order valence-electron chi connectivity index (χ1n) is 10.1. The molecule has 1 N–H and O–H groups in total. The Hall–Kier alpha value is -3.18. The molecule has 168 valence electrons. The number of hydrogen-bond donors (Lipinski definition) is 1. The van der Waals surface area contributed by atoms with Crippen LogP contribution in [0.25, 0.3) is 5.69 Å². The van der Waals surface area contributed by atoms with Crippen molar-refractivity contribution in [3.63, 3.8) is 0 Å². The second kappa shape index (κ2) is 10.2. The molecule has 0 aliphatic heterocycles. The molecule has 0 fully saturated rings. The quantitative estimate of drug-likeness (QED) is 0.324. The minimum absolute atomic E-state index is 0.131. The number of imidazole rings is 1. The molecule has 1 aromatic heterocycles. The number of nitrogens with zero attached hydrogens (tertiary/aromatic N) is 3. The number of carbonyl (C=O) groups is 1. The van der Waals surface area contributed by atoms with Gasteiger partial charge in [0.05, 0.1) is 16.9 Å². The lowest BCUT2D eigenvalue weighted by molar-refractivity contribution is -0.119. The van der Waals surface area contributed by atoms with Crippen molar-refractivity contribution in [3.8, 4) is 5.69 Å². The number of rotatable bonds is 8. The van der Waals surface area contributed by atoms with Gasteiger partial charge in [0.2, 0.25) is 5.91 Å². The summed E-state index contributed by atoms with van der Waals surface area (Å²) in [7, 11) is -3.91. The summed E-state index contributed by atoms with van der Waals surface area (Å²) >= 11 is 2.15. The predicted molar refractivity (Wildman–Crippen MR) is 136 cm³/mol. The van der Waals surface area contributed by atoms with Crippen molar-refractivity contribution in [2.75, 3.05) is 10.8 Å². The molecule has 0 aliphatic rings. The molecule has 0 unspecified atom stereocenters. The Bertz CT molecular complexity index is 1310. The average Bonchev–Trinajstić information content (AvgIpc) is 3.38. The van der Waals surface area contributed by atoms with Crippen LogP contribution in [0.15, 0.2) is 102 Å². The van der Waals surface area contributed by atoms with Crippen LogP contribution < -0.4 is 9.62 Å². The first-order valence-corrected chi connectivity index (χ1v) is 12.6. The van der Waals surface area contributed by atoms with E-state index in [0.717, 1.165) is 19.1 Å². The maximum atomic E-state index is 13.3. The fourth-order valence-corrected chi connectivity index (χ4v) is 5.03. The SMILES string of the molecule is O=C(CN(c1ccc(I)cc1)S(=O)(=O)c1ccccc1)NCc1ccc(-n2ccnc2)cc1. The molecular weight excluding hydrogens is 551 g/mol. The molecule has 0 aliphatic carbocycles. The van der Waals surface area contributed by atoms with E-state index in [2.05, 4.69) is 32.9 Å². The molecule has 7 nitrogen and oxygen atoms in total. The molecule has 33 heavy (non-hydrogen) atoms. The molecule has 4 rings (SSSR count). The number of halogens is 1. The van der Waals surface area contributed by atoms with Crippen molar-refractivity contribution in [2.45, 2.75) is 11.4 Å². The van der Waals surface area contributed by atoms with Crippen molar-refractivity contribution >= 4 is 44.2 Å². The van der Waals surface area contributed by atoms with E-state index >= 15 is 0 Å². The van der Waals surface area contributed by atoms with Crippen molar-refractivity contribution in [1.29, 1.82) is 0 Å². The van der Waals surface area contributed by atoms with E-state index in [1.165, 1.54) is 12.1 Å².